The molecule has 1 heterocycles. The Morgan fingerprint density at radius 1 is 1.25 bits per heavy atom. The molecular weight excluding hydrogens is 424 g/mol. The predicted molar refractivity (Wildman–Crippen MR) is 111 cm³/mol. The van der Waals surface area contributed by atoms with Crippen LogP contribution in [0.4, 0.5) is 0 Å². The maximum Gasteiger partial charge on any atom is 0.311 e. The first kappa shape index (κ1) is 19.7. The van der Waals surface area contributed by atoms with Crippen LogP contribution in [-0.4, -0.2) is 22.9 Å². The fraction of sp³-hybridized carbons (Fsp3) is 0.143. The highest BCUT2D eigenvalue weighted by Gasteiger charge is 2.10. The summed E-state index contributed by atoms with van der Waals surface area (Å²) in [6.45, 7) is 5.65. The molecule has 6 nitrogen and oxygen atoms in total. The summed E-state index contributed by atoms with van der Waals surface area (Å²) in [4.78, 5) is 24.4. The van der Waals surface area contributed by atoms with E-state index in [0.29, 0.717) is 27.8 Å². The number of hydrogen-bond acceptors (Lipinski definition) is 4. The SMILES string of the molecule is C=c1[nH]n(-c2cccc(Br)c2)c(=O)c1=Cc1ccc(OC(=O)CC)c(OC)c1. The summed E-state index contributed by atoms with van der Waals surface area (Å²) >= 11 is 3.41. The molecule has 0 atom stereocenters. The van der Waals surface area contributed by atoms with Gasteiger partial charge in [-0.15, -0.1) is 0 Å². The zero-order valence-corrected chi connectivity index (χ0v) is 17.1. The lowest BCUT2D eigenvalue weighted by Crippen LogP contribution is -2.33. The molecule has 0 aliphatic rings. The number of halogens is 1. The third kappa shape index (κ3) is 4.09. The van der Waals surface area contributed by atoms with E-state index in [1.807, 2.05) is 24.3 Å². The summed E-state index contributed by atoms with van der Waals surface area (Å²) in [6, 6.07) is 12.5. The van der Waals surface area contributed by atoms with Crippen LogP contribution >= 0.6 is 15.9 Å². The fourth-order valence-corrected chi connectivity index (χ4v) is 3.05. The number of hydrogen-bond donors (Lipinski definition) is 1. The number of rotatable bonds is 5. The molecule has 2 aromatic carbocycles. The molecule has 0 radical (unpaired) electrons. The number of aromatic amines is 1. The highest BCUT2D eigenvalue weighted by atomic mass is 79.9. The molecule has 144 valence electrons. The number of nitrogens with zero attached hydrogens (tertiary/aromatic N) is 1. The molecule has 0 saturated carbocycles. The number of benzene rings is 2. The first-order valence-corrected chi connectivity index (χ1v) is 9.38. The topological polar surface area (TPSA) is 73.3 Å². The molecule has 3 aromatic rings. The summed E-state index contributed by atoms with van der Waals surface area (Å²) in [6.07, 6.45) is 1.98. The number of methoxy groups -OCH3 is 1. The number of esters is 1. The third-order valence-corrected chi connectivity index (χ3v) is 4.58. The zero-order chi connectivity index (χ0) is 20.3. The van der Waals surface area contributed by atoms with Crippen molar-refractivity contribution >= 4 is 34.6 Å². The number of H-pyrrole nitrogens is 1. The molecule has 3 rings (SSSR count). The lowest BCUT2D eigenvalue weighted by Gasteiger charge is -2.09. The average molecular weight is 443 g/mol. The molecule has 0 aliphatic heterocycles. The lowest BCUT2D eigenvalue weighted by molar-refractivity contribution is -0.134. The normalized spacial score (nSPS) is 11.5. The van der Waals surface area contributed by atoms with Crippen molar-refractivity contribution in [3.05, 3.63) is 73.4 Å². The Kier molecular flexibility index (Phi) is 5.84. The molecule has 1 aromatic heterocycles. The van der Waals surface area contributed by atoms with Crippen LogP contribution in [0.1, 0.15) is 18.9 Å². The molecule has 1 N–H and O–H groups in total. The van der Waals surface area contributed by atoms with E-state index >= 15 is 0 Å². The highest BCUT2D eigenvalue weighted by Crippen LogP contribution is 2.28. The van der Waals surface area contributed by atoms with Gasteiger partial charge in [-0.25, -0.2) is 4.68 Å². The Morgan fingerprint density at radius 3 is 2.71 bits per heavy atom. The van der Waals surface area contributed by atoms with Gasteiger partial charge in [0.1, 0.15) is 0 Å². The second kappa shape index (κ2) is 8.31. The van der Waals surface area contributed by atoms with Gasteiger partial charge in [0.05, 0.1) is 23.4 Å². The van der Waals surface area contributed by atoms with Crippen LogP contribution in [-0.2, 0) is 4.79 Å². The van der Waals surface area contributed by atoms with Gasteiger partial charge in [-0.2, -0.15) is 0 Å². The standard InChI is InChI=1S/C21H19BrN2O4/c1-4-20(25)28-18-9-8-14(11-19(18)27-3)10-17-13(2)23-24(21(17)26)16-7-5-6-15(22)12-16/h5-12,23H,2,4H2,1,3H3. The summed E-state index contributed by atoms with van der Waals surface area (Å²) < 4.78 is 12.9. The van der Waals surface area contributed by atoms with E-state index in [2.05, 4.69) is 27.6 Å². The maximum atomic E-state index is 12.9. The lowest BCUT2D eigenvalue weighted by atomic mass is 10.1. The average Bonchev–Trinajstić information content (AvgIpc) is 2.97. The molecule has 0 spiro atoms. The fourth-order valence-electron chi connectivity index (χ4n) is 2.66. The van der Waals surface area contributed by atoms with Gasteiger partial charge in [-0.1, -0.05) is 41.6 Å². The molecule has 28 heavy (non-hydrogen) atoms. The van der Waals surface area contributed by atoms with Gasteiger partial charge in [0.25, 0.3) is 5.56 Å². The van der Waals surface area contributed by atoms with Gasteiger partial charge < -0.3 is 9.47 Å². The molecular formula is C21H19BrN2O4. The van der Waals surface area contributed by atoms with Crippen molar-refractivity contribution in [3.63, 3.8) is 0 Å². The van der Waals surface area contributed by atoms with Gasteiger partial charge in [0.15, 0.2) is 11.5 Å². The van der Waals surface area contributed by atoms with Crippen LogP contribution in [0.3, 0.4) is 0 Å². The first-order chi connectivity index (χ1) is 13.4. The second-order valence-corrected chi connectivity index (χ2v) is 6.92. The van der Waals surface area contributed by atoms with Crippen LogP contribution < -0.4 is 25.6 Å². The third-order valence-electron chi connectivity index (χ3n) is 4.08. The summed E-state index contributed by atoms with van der Waals surface area (Å²) in [5.74, 6) is 0.392. The number of nitrogens with one attached hydrogen (secondary N) is 1. The van der Waals surface area contributed by atoms with E-state index in [9.17, 15) is 9.59 Å². The maximum absolute atomic E-state index is 12.9. The quantitative estimate of drug-likeness (QED) is 0.486. The van der Waals surface area contributed by atoms with E-state index in [-0.39, 0.29) is 17.9 Å². The minimum absolute atomic E-state index is 0.219. The van der Waals surface area contributed by atoms with Crippen LogP contribution in [0.15, 0.2) is 51.7 Å². The van der Waals surface area contributed by atoms with Crippen molar-refractivity contribution in [2.24, 2.45) is 0 Å². The molecule has 0 bridgehead atoms. The van der Waals surface area contributed by atoms with Gasteiger partial charge in [-0.05, 0) is 42.0 Å². The van der Waals surface area contributed by atoms with Crippen molar-refractivity contribution < 1.29 is 14.3 Å². The minimum atomic E-state index is -0.349. The van der Waals surface area contributed by atoms with E-state index in [4.69, 9.17) is 9.47 Å². The van der Waals surface area contributed by atoms with E-state index in [0.717, 1.165) is 10.0 Å². The number of ether oxygens (including phenoxy) is 2. The Labute approximate surface area is 169 Å². The molecule has 0 amide bonds. The van der Waals surface area contributed by atoms with E-state index in [1.165, 1.54) is 11.8 Å². The molecule has 0 unspecified atom stereocenters. The van der Waals surface area contributed by atoms with Crippen molar-refractivity contribution in [2.75, 3.05) is 7.11 Å². The van der Waals surface area contributed by atoms with Crippen molar-refractivity contribution in [3.8, 4) is 17.2 Å². The largest absolute Gasteiger partial charge is 0.493 e. The van der Waals surface area contributed by atoms with Gasteiger partial charge >= 0.3 is 5.97 Å². The Balaban J connectivity index is 2.06. The van der Waals surface area contributed by atoms with Crippen LogP contribution in [0.2, 0.25) is 0 Å². The van der Waals surface area contributed by atoms with Crippen LogP contribution in [0, 0.1) is 0 Å². The number of carbonyl (C=O) groups is 1. The molecule has 0 aliphatic carbocycles. The predicted octanol–water partition coefficient (Wildman–Crippen LogP) is 2.49. The zero-order valence-electron chi connectivity index (χ0n) is 15.5. The van der Waals surface area contributed by atoms with Gasteiger partial charge in [-0.3, -0.25) is 14.7 Å². The first-order valence-electron chi connectivity index (χ1n) is 8.59. The minimum Gasteiger partial charge on any atom is -0.493 e. The van der Waals surface area contributed by atoms with Crippen LogP contribution in [0.25, 0.3) is 18.3 Å². The van der Waals surface area contributed by atoms with Gasteiger partial charge in [0.2, 0.25) is 0 Å². The Morgan fingerprint density at radius 2 is 2.04 bits per heavy atom. The molecule has 0 saturated heterocycles. The monoisotopic (exact) mass is 442 g/mol. The summed E-state index contributed by atoms with van der Waals surface area (Å²) in [7, 11) is 1.49. The molecule has 0 fully saturated rings. The number of carbonyl (C=O) groups excluding carboxylic acids is 1. The van der Waals surface area contributed by atoms with Crippen LogP contribution in [0.5, 0.6) is 11.5 Å². The Bertz CT molecular complexity index is 1190. The van der Waals surface area contributed by atoms with E-state index in [1.54, 1.807) is 31.2 Å². The van der Waals surface area contributed by atoms with Crippen molar-refractivity contribution in [1.29, 1.82) is 0 Å². The smallest absolute Gasteiger partial charge is 0.311 e. The van der Waals surface area contributed by atoms with Crippen molar-refractivity contribution in [1.82, 2.24) is 9.78 Å². The summed E-state index contributed by atoms with van der Waals surface area (Å²) in [5.41, 5.74) is 1.20. The second-order valence-electron chi connectivity index (χ2n) is 6.01. The van der Waals surface area contributed by atoms with E-state index < -0.39 is 0 Å². The Hall–Kier alpha value is -3.06. The highest BCUT2D eigenvalue weighted by molar-refractivity contribution is 9.10. The summed E-state index contributed by atoms with van der Waals surface area (Å²) in [5, 5.41) is 3.91. The number of aromatic nitrogens is 2. The van der Waals surface area contributed by atoms with Crippen molar-refractivity contribution in [2.45, 2.75) is 13.3 Å². The van der Waals surface area contributed by atoms with Gasteiger partial charge in [0, 0.05) is 10.9 Å². The molecule has 7 heteroatoms.